The zero-order valence-corrected chi connectivity index (χ0v) is 20.4. The average Bonchev–Trinajstić information content (AvgIpc) is 3.45. The number of hydrogen-bond acceptors (Lipinski definition) is 6. The summed E-state index contributed by atoms with van der Waals surface area (Å²) in [5.41, 5.74) is 2.43. The number of benzene rings is 2. The van der Waals surface area contributed by atoms with E-state index in [9.17, 15) is 18.0 Å². The minimum Gasteiger partial charge on any atom is -0.338 e. The highest BCUT2D eigenvalue weighted by molar-refractivity contribution is 7.90. The molecule has 0 radical (unpaired) electrons. The number of sulfone groups is 1. The molecule has 0 spiro atoms. The van der Waals surface area contributed by atoms with Gasteiger partial charge in [0.2, 0.25) is 11.8 Å². The van der Waals surface area contributed by atoms with Gasteiger partial charge in [-0.25, -0.2) is 13.4 Å². The Kier molecular flexibility index (Phi) is 6.95. The van der Waals surface area contributed by atoms with Crippen LogP contribution < -0.4 is 4.90 Å². The summed E-state index contributed by atoms with van der Waals surface area (Å²) < 4.78 is 23.4. The van der Waals surface area contributed by atoms with Crippen molar-refractivity contribution in [2.75, 3.05) is 24.2 Å². The highest BCUT2D eigenvalue weighted by atomic mass is 32.2. The second-order valence-corrected chi connectivity index (χ2v) is 11.1. The fourth-order valence-corrected chi connectivity index (χ4v) is 5.38. The van der Waals surface area contributed by atoms with E-state index in [4.69, 9.17) is 0 Å². The molecule has 1 saturated heterocycles. The van der Waals surface area contributed by atoms with Crippen LogP contribution in [-0.2, 0) is 26.0 Å². The number of aromatic nitrogens is 1. The molecule has 0 bridgehead atoms. The van der Waals surface area contributed by atoms with Crippen LogP contribution in [0.4, 0.5) is 5.13 Å². The molecule has 176 valence electrons. The lowest BCUT2D eigenvalue weighted by molar-refractivity contribution is -0.128. The third-order valence-corrected chi connectivity index (χ3v) is 7.65. The minimum absolute atomic E-state index is 0.0356. The summed E-state index contributed by atoms with van der Waals surface area (Å²) in [7, 11) is -3.28. The van der Waals surface area contributed by atoms with Gasteiger partial charge in [-0.2, -0.15) is 0 Å². The first-order chi connectivity index (χ1) is 16.3. The molecule has 0 unspecified atom stereocenters. The summed E-state index contributed by atoms with van der Waals surface area (Å²) in [6.07, 6.45) is 2.97. The van der Waals surface area contributed by atoms with Gasteiger partial charge in [-0.3, -0.25) is 14.5 Å². The maximum absolute atomic E-state index is 13.4. The Morgan fingerprint density at radius 1 is 1.21 bits per heavy atom. The molecule has 1 aliphatic rings. The number of rotatable bonds is 8. The SMILES string of the molecule is C=CCN(C(=O)[C@@H]1CC(=O)N(Cc2ccccc2)C1)c1nc(-c2ccc(S(C)(=O)=O)cc2)cs1. The third-order valence-electron chi connectivity index (χ3n) is 5.66. The van der Waals surface area contributed by atoms with Gasteiger partial charge in [-0.05, 0) is 17.7 Å². The molecule has 1 fully saturated rings. The van der Waals surface area contributed by atoms with E-state index in [0.29, 0.717) is 23.9 Å². The van der Waals surface area contributed by atoms with Gasteiger partial charge >= 0.3 is 0 Å². The van der Waals surface area contributed by atoms with Gasteiger partial charge in [-0.15, -0.1) is 17.9 Å². The lowest BCUT2D eigenvalue weighted by atomic mass is 10.1. The summed E-state index contributed by atoms with van der Waals surface area (Å²) in [5, 5.41) is 2.34. The lowest BCUT2D eigenvalue weighted by Gasteiger charge is -2.22. The molecule has 1 aromatic heterocycles. The second kappa shape index (κ2) is 9.90. The van der Waals surface area contributed by atoms with Gasteiger partial charge in [-0.1, -0.05) is 48.5 Å². The minimum atomic E-state index is -3.28. The molecule has 2 aromatic carbocycles. The van der Waals surface area contributed by atoms with Gasteiger partial charge in [0.15, 0.2) is 15.0 Å². The number of hydrogen-bond donors (Lipinski definition) is 0. The molecule has 1 aliphatic heterocycles. The maximum Gasteiger partial charge on any atom is 0.234 e. The number of nitrogens with zero attached hydrogens (tertiary/aromatic N) is 3. The molecule has 0 saturated carbocycles. The number of amides is 2. The van der Waals surface area contributed by atoms with Crippen molar-refractivity contribution < 1.29 is 18.0 Å². The first-order valence-corrected chi connectivity index (χ1v) is 13.5. The van der Waals surface area contributed by atoms with Gasteiger partial charge in [0, 0.05) is 43.3 Å². The van der Waals surface area contributed by atoms with Gasteiger partial charge in [0.25, 0.3) is 0 Å². The van der Waals surface area contributed by atoms with Gasteiger partial charge in [0.05, 0.1) is 16.5 Å². The molecule has 2 amide bonds. The molecule has 2 heterocycles. The van der Waals surface area contributed by atoms with Crippen molar-refractivity contribution in [2.24, 2.45) is 5.92 Å². The number of anilines is 1. The van der Waals surface area contributed by atoms with E-state index in [-0.39, 0.29) is 29.7 Å². The van der Waals surface area contributed by atoms with Crippen molar-refractivity contribution in [3.63, 3.8) is 0 Å². The zero-order valence-electron chi connectivity index (χ0n) is 18.8. The lowest BCUT2D eigenvalue weighted by Crippen LogP contribution is -2.37. The van der Waals surface area contributed by atoms with Crippen LogP contribution in [0.25, 0.3) is 11.3 Å². The predicted octanol–water partition coefficient (Wildman–Crippen LogP) is 3.78. The fourth-order valence-electron chi connectivity index (χ4n) is 3.90. The van der Waals surface area contributed by atoms with Crippen molar-refractivity contribution in [3.05, 3.63) is 78.2 Å². The zero-order chi connectivity index (χ0) is 24.3. The van der Waals surface area contributed by atoms with Crippen LogP contribution in [-0.4, -0.2) is 49.5 Å². The Morgan fingerprint density at radius 3 is 2.56 bits per heavy atom. The largest absolute Gasteiger partial charge is 0.338 e. The van der Waals surface area contributed by atoms with Crippen molar-refractivity contribution in [1.29, 1.82) is 0 Å². The fraction of sp³-hybridized carbons (Fsp3) is 0.240. The highest BCUT2D eigenvalue weighted by Gasteiger charge is 2.37. The van der Waals surface area contributed by atoms with Crippen LogP contribution in [0.15, 0.2) is 77.5 Å². The molecule has 7 nitrogen and oxygen atoms in total. The Morgan fingerprint density at radius 2 is 1.91 bits per heavy atom. The van der Waals surface area contributed by atoms with E-state index < -0.39 is 15.8 Å². The quantitative estimate of drug-likeness (QED) is 0.444. The first kappa shape index (κ1) is 23.8. The summed E-state index contributed by atoms with van der Waals surface area (Å²) in [6.45, 7) is 4.90. The molecule has 9 heteroatoms. The summed E-state index contributed by atoms with van der Waals surface area (Å²) in [6, 6.07) is 16.2. The van der Waals surface area contributed by atoms with E-state index in [2.05, 4.69) is 11.6 Å². The third kappa shape index (κ3) is 5.26. The second-order valence-electron chi connectivity index (χ2n) is 8.21. The predicted molar refractivity (Wildman–Crippen MR) is 133 cm³/mol. The Balaban J connectivity index is 1.50. The first-order valence-electron chi connectivity index (χ1n) is 10.8. The topological polar surface area (TPSA) is 87.7 Å². The van der Waals surface area contributed by atoms with Crippen LogP contribution in [0.2, 0.25) is 0 Å². The standard InChI is InChI=1S/C25H25N3O4S2/c1-3-13-28(24(30)20-14-23(29)27(16-20)15-18-7-5-4-6-8-18)25-26-22(17-33-25)19-9-11-21(12-10-19)34(2,31)32/h3-12,17,20H,1,13-16H2,2H3/t20-/m1/s1. The van der Waals surface area contributed by atoms with E-state index >= 15 is 0 Å². The van der Waals surface area contributed by atoms with Crippen LogP contribution in [0, 0.1) is 5.92 Å². The summed E-state index contributed by atoms with van der Waals surface area (Å²) in [5.74, 6) is -0.638. The van der Waals surface area contributed by atoms with Gasteiger partial charge in [0.1, 0.15) is 0 Å². The van der Waals surface area contributed by atoms with Crippen LogP contribution >= 0.6 is 11.3 Å². The van der Waals surface area contributed by atoms with Crippen LogP contribution in [0.3, 0.4) is 0 Å². The maximum atomic E-state index is 13.4. The van der Waals surface area contributed by atoms with Crippen molar-refractivity contribution >= 4 is 38.1 Å². The summed E-state index contributed by atoms with van der Waals surface area (Å²) >= 11 is 1.32. The highest BCUT2D eigenvalue weighted by Crippen LogP contribution is 2.31. The molecule has 4 rings (SSSR count). The molecule has 3 aromatic rings. The van der Waals surface area contributed by atoms with Crippen molar-refractivity contribution in [3.8, 4) is 11.3 Å². The Hall–Kier alpha value is -3.30. The van der Waals surface area contributed by atoms with Crippen molar-refractivity contribution in [2.45, 2.75) is 17.9 Å². The molecular weight excluding hydrogens is 470 g/mol. The number of carbonyl (C=O) groups is 2. The van der Waals surface area contributed by atoms with E-state index in [1.165, 1.54) is 11.3 Å². The van der Waals surface area contributed by atoms with Crippen LogP contribution in [0.1, 0.15) is 12.0 Å². The van der Waals surface area contributed by atoms with E-state index in [1.54, 1.807) is 40.1 Å². The van der Waals surface area contributed by atoms with Gasteiger partial charge < -0.3 is 4.90 Å². The monoisotopic (exact) mass is 495 g/mol. The smallest absolute Gasteiger partial charge is 0.234 e. The van der Waals surface area contributed by atoms with Crippen molar-refractivity contribution in [1.82, 2.24) is 9.88 Å². The molecule has 0 N–H and O–H groups in total. The number of carbonyl (C=O) groups excluding carboxylic acids is 2. The number of thiazole rings is 1. The normalized spacial score (nSPS) is 16.0. The molecule has 34 heavy (non-hydrogen) atoms. The molecule has 0 aliphatic carbocycles. The van der Waals surface area contributed by atoms with Crippen LogP contribution in [0.5, 0.6) is 0 Å². The van der Waals surface area contributed by atoms with E-state index in [1.807, 2.05) is 35.7 Å². The van der Waals surface area contributed by atoms with E-state index in [0.717, 1.165) is 17.4 Å². The summed E-state index contributed by atoms with van der Waals surface area (Å²) in [4.78, 5) is 34.1. The Labute approximate surface area is 203 Å². The molecular formula is C25H25N3O4S2. The average molecular weight is 496 g/mol. The Bertz CT molecular complexity index is 1300. The number of likely N-dealkylation sites (tertiary alicyclic amines) is 1. The molecule has 1 atom stereocenters.